The zero-order chi connectivity index (χ0) is 12.6. The summed E-state index contributed by atoms with van der Waals surface area (Å²) in [6, 6.07) is 6.87. The van der Waals surface area contributed by atoms with Gasteiger partial charge in [0.1, 0.15) is 5.82 Å². The van der Waals surface area contributed by atoms with Gasteiger partial charge in [-0.2, -0.15) is 0 Å². The fraction of sp³-hybridized carbons (Fsp3) is 0.500. The molecular formula is C14H19ClN2. The van der Waals surface area contributed by atoms with E-state index in [0.29, 0.717) is 6.04 Å². The Morgan fingerprint density at radius 3 is 2.53 bits per heavy atom. The predicted molar refractivity (Wildman–Crippen MR) is 73.8 cm³/mol. The molecule has 1 unspecified atom stereocenters. The number of imidazole rings is 1. The average molecular weight is 251 g/mol. The SMILES string of the molecule is CCc1ccc2c(c1)nc(C(C)Cl)n2C(C)C. The van der Waals surface area contributed by atoms with Crippen LogP contribution in [0.3, 0.4) is 0 Å². The van der Waals surface area contributed by atoms with Crippen LogP contribution in [0.4, 0.5) is 0 Å². The van der Waals surface area contributed by atoms with Crippen LogP contribution >= 0.6 is 11.6 Å². The maximum atomic E-state index is 6.21. The molecule has 2 rings (SSSR count). The quantitative estimate of drug-likeness (QED) is 0.735. The predicted octanol–water partition coefficient (Wildman–Crippen LogP) is 4.48. The second-order valence-electron chi connectivity index (χ2n) is 4.73. The van der Waals surface area contributed by atoms with Crippen LogP contribution in [0.5, 0.6) is 0 Å². The second-order valence-corrected chi connectivity index (χ2v) is 5.38. The molecule has 0 spiro atoms. The lowest BCUT2D eigenvalue weighted by atomic mass is 10.1. The van der Waals surface area contributed by atoms with Gasteiger partial charge in [0.05, 0.1) is 16.4 Å². The Labute approximate surface area is 108 Å². The maximum Gasteiger partial charge on any atom is 0.127 e. The van der Waals surface area contributed by atoms with Crippen molar-refractivity contribution in [3.05, 3.63) is 29.6 Å². The first-order valence-electron chi connectivity index (χ1n) is 6.19. The second kappa shape index (κ2) is 4.69. The molecule has 2 aromatic rings. The summed E-state index contributed by atoms with van der Waals surface area (Å²) in [6.45, 7) is 8.46. The van der Waals surface area contributed by atoms with Crippen LogP contribution in [0.1, 0.15) is 50.5 Å². The molecule has 0 amide bonds. The molecule has 0 fully saturated rings. The van der Waals surface area contributed by atoms with Gasteiger partial charge < -0.3 is 4.57 Å². The van der Waals surface area contributed by atoms with Gasteiger partial charge in [0.2, 0.25) is 0 Å². The van der Waals surface area contributed by atoms with Gasteiger partial charge in [-0.05, 0) is 44.9 Å². The molecule has 0 aliphatic carbocycles. The fourth-order valence-electron chi connectivity index (χ4n) is 2.21. The zero-order valence-electron chi connectivity index (χ0n) is 10.9. The lowest BCUT2D eigenvalue weighted by molar-refractivity contribution is 0.584. The number of halogens is 1. The molecule has 1 aromatic carbocycles. The number of rotatable bonds is 3. The van der Waals surface area contributed by atoms with Gasteiger partial charge in [-0.3, -0.25) is 0 Å². The number of alkyl halides is 1. The van der Waals surface area contributed by atoms with Crippen LogP contribution in [0.15, 0.2) is 18.2 Å². The van der Waals surface area contributed by atoms with E-state index in [1.807, 2.05) is 6.92 Å². The molecule has 3 heteroatoms. The summed E-state index contributed by atoms with van der Waals surface area (Å²) in [4.78, 5) is 4.67. The van der Waals surface area contributed by atoms with Crippen LogP contribution in [0.25, 0.3) is 11.0 Å². The van der Waals surface area contributed by atoms with E-state index < -0.39 is 0 Å². The average Bonchev–Trinajstić information content (AvgIpc) is 2.66. The number of benzene rings is 1. The molecule has 1 heterocycles. The number of fused-ring (bicyclic) bond motifs is 1. The highest BCUT2D eigenvalue weighted by atomic mass is 35.5. The van der Waals surface area contributed by atoms with E-state index in [-0.39, 0.29) is 5.38 Å². The van der Waals surface area contributed by atoms with E-state index in [0.717, 1.165) is 17.8 Å². The van der Waals surface area contributed by atoms with Crippen LogP contribution in [-0.4, -0.2) is 9.55 Å². The Morgan fingerprint density at radius 1 is 1.29 bits per heavy atom. The van der Waals surface area contributed by atoms with Crippen molar-refractivity contribution in [2.24, 2.45) is 0 Å². The van der Waals surface area contributed by atoms with Gasteiger partial charge in [-0.1, -0.05) is 13.0 Å². The highest BCUT2D eigenvalue weighted by Crippen LogP contribution is 2.28. The minimum Gasteiger partial charge on any atom is -0.324 e. The Morgan fingerprint density at radius 2 is 2.00 bits per heavy atom. The van der Waals surface area contributed by atoms with E-state index in [9.17, 15) is 0 Å². The summed E-state index contributed by atoms with van der Waals surface area (Å²) in [5, 5.41) is -0.0603. The van der Waals surface area contributed by atoms with Crippen molar-refractivity contribution >= 4 is 22.6 Å². The highest BCUT2D eigenvalue weighted by molar-refractivity contribution is 6.20. The van der Waals surface area contributed by atoms with Crippen LogP contribution < -0.4 is 0 Å². The number of nitrogens with zero attached hydrogens (tertiary/aromatic N) is 2. The number of aromatic nitrogens is 2. The van der Waals surface area contributed by atoms with E-state index in [2.05, 4.69) is 48.5 Å². The third-order valence-corrected chi connectivity index (χ3v) is 3.26. The van der Waals surface area contributed by atoms with Gasteiger partial charge in [0, 0.05) is 6.04 Å². The number of hydrogen-bond donors (Lipinski definition) is 0. The molecule has 0 bridgehead atoms. The molecule has 92 valence electrons. The Hall–Kier alpha value is -1.02. The molecule has 0 aliphatic rings. The Bertz CT molecular complexity index is 526. The van der Waals surface area contributed by atoms with E-state index in [1.165, 1.54) is 11.1 Å². The molecular weight excluding hydrogens is 232 g/mol. The van der Waals surface area contributed by atoms with Crippen LogP contribution in [0, 0.1) is 0 Å². The molecule has 17 heavy (non-hydrogen) atoms. The summed E-state index contributed by atoms with van der Waals surface area (Å²) >= 11 is 6.21. The molecule has 0 saturated heterocycles. The van der Waals surface area contributed by atoms with Gasteiger partial charge in [0.25, 0.3) is 0 Å². The third kappa shape index (κ3) is 2.19. The largest absolute Gasteiger partial charge is 0.324 e. The minimum atomic E-state index is -0.0603. The molecule has 2 nitrogen and oxygen atoms in total. The van der Waals surface area contributed by atoms with Crippen molar-refractivity contribution < 1.29 is 0 Å². The third-order valence-electron chi connectivity index (χ3n) is 3.06. The van der Waals surface area contributed by atoms with Crippen molar-refractivity contribution in [1.82, 2.24) is 9.55 Å². The summed E-state index contributed by atoms with van der Waals surface area (Å²) in [7, 11) is 0. The normalized spacial score (nSPS) is 13.5. The van der Waals surface area contributed by atoms with Gasteiger partial charge in [0.15, 0.2) is 0 Å². The number of aryl methyl sites for hydroxylation is 1. The van der Waals surface area contributed by atoms with Crippen molar-refractivity contribution in [3.8, 4) is 0 Å². The zero-order valence-corrected chi connectivity index (χ0v) is 11.6. The lowest BCUT2D eigenvalue weighted by Crippen LogP contribution is -2.06. The van der Waals surface area contributed by atoms with E-state index in [1.54, 1.807) is 0 Å². The number of hydrogen-bond acceptors (Lipinski definition) is 1. The Kier molecular flexibility index (Phi) is 3.43. The molecule has 0 saturated carbocycles. The van der Waals surface area contributed by atoms with Gasteiger partial charge in [-0.15, -0.1) is 11.6 Å². The van der Waals surface area contributed by atoms with Crippen molar-refractivity contribution in [2.75, 3.05) is 0 Å². The summed E-state index contributed by atoms with van der Waals surface area (Å²) in [5.74, 6) is 0.963. The first-order chi connectivity index (χ1) is 8.04. The Balaban J connectivity index is 2.70. The smallest absolute Gasteiger partial charge is 0.127 e. The lowest BCUT2D eigenvalue weighted by Gasteiger charge is -2.14. The summed E-state index contributed by atoms with van der Waals surface area (Å²) < 4.78 is 2.23. The van der Waals surface area contributed by atoms with E-state index in [4.69, 9.17) is 11.6 Å². The fourth-order valence-corrected chi connectivity index (χ4v) is 2.36. The monoisotopic (exact) mass is 250 g/mol. The van der Waals surface area contributed by atoms with Crippen LogP contribution in [0.2, 0.25) is 0 Å². The van der Waals surface area contributed by atoms with Crippen molar-refractivity contribution in [1.29, 1.82) is 0 Å². The topological polar surface area (TPSA) is 17.8 Å². The molecule has 0 radical (unpaired) electrons. The molecule has 1 aromatic heterocycles. The van der Waals surface area contributed by atoms with Crippen molar-refractivity contribution in [2.45, 2.75) is 45.5 Å². The van der Waals surface area contributed by atoms with Crippen molar-refractivity contribution in [3.63, 3.8) is 0 Å². The molecule has 0 N–H and O–H groups in total. The maximum absolute atomic E-state index is 6.21. The van der Waals surface area contributed by atoms with Gasteiger partial charge in [-0.25, -0.2) is 4.98 Å². The summed E-state index contributed by atoms with van der Waals surface area (Å²) in [6.07, 6.45) is 1.04. The van der Waals surface area contributed by atoms with Gasteiger partial charge >= 0.3 is 0 Å². The highest BCUT2D eigenvalue weighted by Gasteiger charge is 2.16. The molecule has 0 aliphatic heterocycles. The first-order valence-corrected chi connectivity index (χ1v) is 6.63. The molecule has 1 atom stereocenters. The first kappa shape index (κ1) is 12.4. The standard InChI is InChI=1S/C14H19ClN2/c1-5-11-6-7-13-12(8-11)16-14(10(4)15)17(13)9(2)3/h6-10H,5H2,1-4H3. The minimum absolute atomic E-state index is 0.0603. The van der Waals surface area contributed by atoms with Crippen LogP contribution in [-0.2, 0) is 6.42 Å². The summed E-state index contributed by atoms with van der Waals surface area (Å²) in [5.41, 5.74) is 3.56. The van der Waals surface area contributed by atoms with E-state index >= 15 is 0 Å².